The van der Waals surface area contributed by atoms with Gasteiger partial charge in [0.25, 0.3) is 0 Å². The van der Waals surface area contributed by atoms with E-state index in [1.54, 1.807) is 21.8 Å². The first kappa shape index (κ1) is 21.1. The summed E-state index contributed by atoms with van der Waals surface area (Å²) in [5, 5.41) is 2.96. The summed E-state index contributed by atoms with van der Waals surface area (Å²) in [5.41, 5.74) is 3.00. The van der Waals surface area contributed by atoms with Crippen LogP contribution in [0.5, 0.6) is 0 Å². The Labute approximate surface area is 171 Å². The van der Waals surface area contributed by atoms with Crippen LogP contribution in [0.1, 0.15) is 24.0 Å². The van der Waals surface area contributed by atoms with Gasteiger partial charge in [-0.25, -0.2) is 4.79 Å². The molecule has 0 bridgehead atoms. The largest absolute Gasteiger partial charge is 0.383 e. The molecular formula is C21H30N4O4. The van der Waals surface area contributed by atoms with E-state index >= 15 is 0 Å². The smallest absolute Gasteiger partial charge is 0.321 e. The average Bonchev–Trinajstić information content (AvgIpc) is 2.68. The fourth-order valence-corrected chi connectivity index (χ4v) is 4.08. The van der Waals surface area contributed by atoms with Crippen LogP contribution >= 0.6 is 0 Å². The normalized spacial score (nSPS) is 18.4. The number of hydrogen-bond donors (Lipinski definition) is 1. The summed E-state index contributed by atoms with van der Waals surface area (Å²) in [7, 11) is 1.58. The SMILES string of the molecule is COCCN1CCN(C2CCN(C(=O)Nc3cc(C)cc(C)c3)CC2)C(=O)C1=O. The van der Waals surface area contributed by atoms with E-state index in [1.807, 2.05) is 26.0 Å². The third kappa shape index (κ3) is 5.06. The molecule has 0 aromatic heterocycles. The molecule has 1 aromatic rings. The van der Waals surface area contributed by atoms with Crippen molar-refractivity contribution in [3.63, 3.8) is 0 Å². The summed E-state index contributed by atoms with van der Waals surface area (Å²) in [6.45, 7) is 7.05. The van der Waals surface area contributed by atoms with E-state index in [0.717, 1.165) is 16.8 Å². The van der Waals surface area contributed by atoms with Gasteiger partial charge in [0, 0.05) is 51.6 Å². The zero-order valence-corrected chi connectivity index (χ0v) is 17.4. The number of likely N-dealkylation sites (tertiary alicyclic amines) is 1. The third-order valence-corrected chi connectivity index (χ3v) is 5.57. The maximum Gasteiger partial charge on any atom is 0.321 e. The lowest BCUT2D eigenvalue weighted by atomic mass is 10.0. The zero-order chi connectivity index (χ0) is 21.0. The molecule has 0 radical (unpaired) electrons. The molecule has 4 amide bonds. The van der Waals surface area contributed by atoms with Crippen LogP contribution in [0.25, 0.3) is 0 Å². The number of methoxy groups -OCH3 is 1. The third-order valence-electron chi connectivity index (χ3n) is 5.57. The number of urea groups is 1. The first-order chi connectivity index (χ1) is 13.9. The Morgan fingerprint density at radius 3 is 2.31 bits per heavy atom. The van der Waals surface area contributed by atoms with Crippen molar-refractivity contribution < 1.29 is 19.1 Å². The topological polar surface area (TPSA) is 82.2 Å². The lowest BCUT2D eigenvalue weighted by Gasteiger charge is -2.42. The molecule has 3 rings (SSSR count). The minimum absolute atomic E-state index is 0.00119. The number of piperidine rings is 1. The van der Waals surface area contributed by atoms with Crippen LogP contribution in [0.4, 0.5) is 10.5 Å². The van der Waals surface area contributed by atoms with Crippen molar-refractivity contribution in [3.8, 4) is 0 Å². The molecule has 158 valence electrons. The van der Waals surface area contributed by atoms with Crippen molar-refractivity contribution in [3.05, 3.63) is 29.3 Å². The number of nitrogens with zero attached hydrogens (tertiary/aromatic N) is 3. The molecule has 2 heterocycles. The molecule has 0 unspecified atom stereocenters. The molecule has 1 N–H and O–H groups in total. The Kier molecular flexibility index (Phi) is 6.74. The van der Waals surface area contributed by atoms with Crippen molar-refractivity contribution in [2.45, 2.75) is 32.7 Å². The second-order valence-electron chi connectivity index (χ2n) is 7.81. The summed E-state index contributed by atoms with van der Waals surface area (Å²) in [6.07, 6.45) is 1.36. The van der Waals surface area contributed by atoms with Gasteiger partial charge in [-0.3, -0.25) is 9.59 Å². The molecule has 0 saturated carbocycles. The maximum atomic E-state index is 12.6. The predicted molar refractivity (Wildman–Crippen MR) is 110 cm³/mol. The van der Waals surface area contributed by atoms with Gasteiger partial charge in [0.1, 0.15) is 0 Å². The number of hydrogen-bond acceptors (Lipinski definition) is 4. The molecule has 2 fully saturated rings. The zero-order valence-electron chi connectivity index (χ0n) is 17.4. The van der Waals surface area contributed by atoms with Crippen molar-refractivity contribution in [1.29, 1.82) is 0 Å². The highest BCUT2D eigenvalue weighted by atomic mass is 16.5. The van der Waals surface area contributed by atoms with Gasteiger partial charge in [-0.2, -0.15) is 0 Å². The summed E-state index contributed by atoms with van der Waals surface area (Å²) in [5.74, 6) is -0.895. The van der Waals surface area contributed by atoms with E-state index in [1.165, 1.54) is 0 Å². The molecule has 2 saturated heterocycles. The minimum atomic E-state index is -0.455. The number of ether oxygens (including phenoxy) is 1. The number of amides is 4. The van der Waals surface area contributed by atoms with Gasteiger partial charge in [0.2, 0.25) is 0 Å². The number of nitrogens with one attached hydrogen (secondary N) is 1. The van der Waals surface area contributed by atoms with Gasteiger partial charge < -0.3 is 24.8 Å². The van der Waals surface area contributed by atoms with Crippen LogP contribution in [-0.2, 0) is 14.3 Å². The Morgan fingerprint density at radius 1 is 1.03 bits per heavy atom. The second kappa shape index (κ2) is 9.26. The van der Waals surface area contributed by atoms with E-state index in [-0.39, 0.29) is 12.1 Å². The molecule has 0 spiro atoms. The number of aryl methyl sites for hydroxylation is 2. The summed E-state index contributed by atoms with van der Waals surface area (Å²) in [4.78, 5) is 42.4. The van der Waals surface area contributed by atoms with Crippen LogP contribution in [0.2, 0.25) is 0 Å². The van der Waals surface area contributed by atoms with E-state index in [2.05, 4.69) is 11.4 Å². The molecule has 0 aliphatic carbocycles. The Bertz CT molecular complexity index is 754. The highest BCUT2D eigenvalue weighted by molar-refractivity contribution is 6.35. The van der Waals surface area contributed by atoms with Crippen molar-refractivity contribution in [2.75, 3.05) is 51.8 Å². The molecule has 0 atom stereocenters. The van der Waals surface area contributed by atoms with Crippen molar-refractivity contribution in [1.82, 2.24) is 14.7 Å². The van der Waals surface area contributed by atoms with Crippen LogP contribution in [0.15, 0.2) is 18.2 Å². The van der Waals surface area contributed by atoms with Gasteiger partial charge in [-0.15, -0.1) is 0 Å². The van der Waals surface area contributed by atoms with Gasteiger partial charge in [0.15, 0.2) is 0 Å². The highest BCUT2D eigenvalue weighted by Crippen LogP contribution is 2.21. The van der Waals surface area contributed by atoms with E-state index in [0.29, 0.717) is 52.2 Å². The molecule has 29 heavy (non-hydrogen) atoms. The van der Waals surface area contributed by atoms with E-state index < -0.39 is 11.8 Å². The summed E-state index contributed by atoms with van der Waals surface area (Å²) in [6, 6.07) is 5.84. The monoisotopic (exact) mass is 402 g/mol. The molecule has 2 aliphatic rings. The van der Waals surface area contributed by atoms with Crippen molar-refractivity contribution >= 4 is 23.5 Å². The van der Waals surface area contributed by atoms with E-state index in [9.17, 15) is 14.4 Å². The molecule has 8 nitrogen and oxygen atoms in total. The summed E-state index contributed by atoms with van der Waals surface area (Å²) >= 11 is 0. The van der Waals surface area contributed by atoms with Crippen LogP contribution in [-0.4, -0.2) is 85.0 Å². The molecule has 1 aromatic carbocycles. The number of carbonyl (C=O) groups is 3. The number of piperazine rings is 1. The summed E-state index contributed by atoms with van der Waals surface area (Å²) < 4.78 is 5.00. The highest BCUT2D eigenvalue weighted by Gasteiger charge is 2.37. The number of rotatable bonds is 5. The van der Waals surface area contributed by atoms with E-state index in [4.69, 9.17) is 4.74 Å². The number of benzene rings is 1. The van der Waals surface area contributed by atoms with Crippen molar-refractivity contribution in [2.24, 2.45) is 0 Å². The van der Waals surface area contributed by atoms with Crippen LogP contribution in [0, 0.1) is 13.8 Å². The van der Waals surface area contributed by atoms with Gasteiger partial charge in [0.05, 0.1) is 6.61 Å². The second-order valence-corrected chi connectivity index (χ2v) is 7.81. The Balaban J connectivity index is 1.52. The first-order valence-electron chi connectivity index (χ1n) is 10.1. The van der Waals surface area contributed by atoms with Gasteiger partial charge in [-0.1, -0.05) is 6.07 Å². The Hall–Kier alpha value is -2.61. The molecular weight excluding hydrogens is 372 g/mol. The quantitative estimate of drug-likeness (QED) is 0.759. The lowest BCUT2D eigenvalue weighted by Crippen LogP contribution is -2.59. The first-order valence-corrected chi connectivity index (χ1v) is 10.1. The van der Waals surface area contributed by atoms with Gasteiger partial charge >= 0.3 is 17.8 Å². The fraction of sp³-hybridized carbons (Fsp3) is 0.571. The van der Waals surface area contributed by atoms with Crippen LogP contribution in [0.3, 0.4) is 0 Å². The van der Waals surface area contributed by atoms with Gasteiger partial charge in [-0.05, 0) is 49.9 Å². The standard InChI is InChI=1S/C21H30N4O4/c1-15-12-16(2)14-17(13-15)22-21(28)24-6-4-18(5-7-24)25-9-8-23(10-11-29-3)19(26)20(25)27/h12-14,18H,4-11H2,1-3H3,(H,22,28). The maximum absolute atomic E-state index is 12.6. The molecule has 2 aliphatic heterocycles. The molecule has 8 heteroatoms. The minimum Gasteiger partial charge on any atom is -0.383 e. The average molecular weight is 402 g/mol. The lowest BCUT2D eigenvalue weighted by molar-refractivity contribution is -0.158. The predicted octanol–water partition coefficient (Wildman–Crippen LogP) is 1.62. The Morgan fingerprint density at radius 2 is 1.69 bits per heavy atom. The van der Waals surface area contributed by atoms with Crippen LogP contribution < -0.4 is 5.32 Å². The fourth-order valence-electron chi connectivity index (χ4n) is 4.08. The number of anilines is 1. The number of carbonyl (C=O) groups excluding carboxylic acids is 3.